The van der Waals surface area contributed by atoms with E-state index in [-0.39, 0.29) is 6.42 Å². The quantitative estimate of drug-likeness (QED) is 0.467. The van der Waals surface area contributed by atoms with Crippen LogP contribution < -0.4 is 0 Å². The van der Waals surface area contributed by atoms with Gasteiger partial charge in [-0.05, 0) is 0 Å². The SMILES string of the molecule is C#CC[C@@H](C(=O)O)[N+](C)(C)C. The van der Waals surface area contributed by atoms with Crippen LogP contribution in [0.1, 0.15) is 6.42 Å². The van der Waals surface area contributed by atoms with Gasteiger partial charge >= 0.3 is 5.97 Å². The smallest absolute Gasteiger partial charge is 0.363 e. The summed E-state index contributed by atoms with van der Waals surface area (Å²) in [6.07, 6.45) is 5.32. The molecular formula is C8H14NO2+. The van der Waals surface area contributed by atoms with Crippen molar-refractivity contribution in [2.75, 3.05) is 21.1 Å². The first-order valence-corrected chi connectivity index (χ1v) is 3.37. The van der Waals surface area contributed by atoms with Crippen LogP contribution >= 0.6 is 0 Å². The van der Waals surface area contributed by atoms with Gasteiger partial charge in [0.25, 0.3) is 0 Å². The summed E-state index contributed by atoms with van der Waals surface area (Å²) < 4.78 is 0.361. The molecule has 0 amide bonds. The molecule has 0 aliphatic heterocycles. The van der Waals surface area contributed by atoms with Crippen LogP contribution in [0.15, 0.2) is 0 Å². The molecule has 0 saturated carbocycles. The summed E-state index contributed by atoms with van der Waals surface area (Å²) >= 11 is 0. The lowest BCUT2D eigenvalue weighted by atomic mass is 10.2. The number of rotatable bonds is 3. The van der Waals surface area contributed by atoms with E-state index in [1.807, 2.05) is 21.1 Å². The Morgan fingerprint density at radius 1 is 1.64 bits per heavy atom. The van der Waals surface area contributed by atoms with Crippen molar-refractivity contribution in [3.8, 4) is 12.3 Å². The Kier molecular flexibility index (Phi) is 3.09. The highest BCUT2D eigenvalue weighted by Crippen LogP contribution is 2.06. The highest BCUT2D eigenvalue weighted by Gasteiger charge is 2.29. The number of hydrogen-bond acceptors (Lipinski definition) is 1. The molecule has 0 unspecified atom stereocenters. The van der Waals surface area contributed by atoms with Crippen LogP contribution in [0.3, 0.4) is 0 Å². The Morgan fingerprint density at radius 2 is 2.09 bits per heavy atom. The number of likely N-dealkylation sites (N-methyl/N-ethyl adjacent to an activating group) is 1. The van der Waals surface area contributed by atoms with Gasteiger partial charge in [-0.2, -0.15) is 0 Å². The van der Waals surface area contributed by atoms with Crippen molar-refractivity contribution in [3.63, 3.8) is 0 Å². The van der Waals surface area contributed by atoms with E-state index in [0.29, 0.717) is 4.48 Å². The van der Waals surface area contributed by atoms with Crippen molar-refractivity contribution in [1.82, 2.24) is 0 Å². The van der Waals surface area contributed by atoms with Crippen LogP contribution in [0, 0.1) is 12.3 Å². The maximum absolute atomic E-state index is 10.6. The second kappa shape index (κ2) is 3.40. The molecule has 0 bridgehead atoms. The number of carboxylic acids is 1. The zero-order valence-corrected chi connectivity index (χ0v) is 7.16. The number of nitrogens with zero attached hydrogens (tertiary/aromatic N) is 1. The second-order valence-corrected chi connectivity index (χ2v) is 3.38. The Hall–Kier alpha value is -1.01. The van der Waals surface area contributed by atoms with E-state index < -0.39 is 12.0 Å². The maximum atomic E-state index is 10.6. The van der Waals surface area contributed by atoms with Crippen LogP contribution in [0.2, 0.25) is 0 Å². The van der Waals surface area contributed by atoms with E-state index in [9.17, 15) is 4.79 Å². The minimum Gasteiger partial charge on any atom is -0.477 e. The molecule has 0 fully saturated rings. The predicted octanol–water partition coefficient (Wildman–Crippen LogP) is 0.169. The minimum atomic E-state index is -0.838. The molecule has 0 saturated heterocycles. The van der Waals surface area contributed by atoms with Gasteiger partial charge in [-0.25, -0.2) is 4.79 Å². The number of carbonyl (C=O) groups is 1. The number of aliphatic carboxylic acids is 1. The van der Waals surface area contributed by atoms with E-state index in [2.05, 4.69) is 5.92 Å². The fourth-order valence-corrected chi connectivity index (χ4v) is 0.804. The Balaban J connectivity index is 4.38. The average Bonchev–Trinajstić information content (AvgIpc) is 1.79. The zero-order chi connectivity index (χ0) is 9.07. The van der Waals surface area contributed by atoms with Gasteiger partial charge in [0.15, 0.2) is 6.04 Å². The fourth-order valence-electron chi connectivity index (χ4n) is 0.804. The third-order valence-corrected chi connectivity index (χ3v) is 1.53. The van der Waals surface area contributed by atoms with E-state index in [4.69, 9.17) is 11.5 Å². The predicted molar refractivity (Wildman–Crippen MR) is 42.9 cm³/mol. The number of quaternary nitrogens is 1. The van der Waals surface area contributed by atoms with Crippen LogP contribution in [0.4, 0.5) is 0 Å². The molecule has 0 radical (unpaired) electrons. The summed E-state index contributed by atoms with van der Waals surface area (Å²) in [5.41, 5.74) is 0. The number of carboxylic acid groups (broad SMARTS) is 1. The maximum Gasteiger partial charge on any atom is 0.363 e. The van der Waals surface area contributed by atoms with E-state index in [0.717, 1.165) is 0 Å². The lowest BCUT2D eigenvalue weighted by molar-refractivity contribution is -0.886. The second-order valence-electron chi connectivity index (χ2n) is 3.38. The summed E-state index contributed by atoms with van der Waals surface area (Å²) in [5.74, 6) is 1.52. The standard InChI is InChI=1S/C8H13NO2/c1-5-6-7(8(10)11)9(2,3)4/h1,7H,6H2,2-4H3/p+1/t7-/m0/s1. The van der Waals surface area contributed by atoms with E-state index in [1.54, 1.807) is 0 Å². The van der Waals surface area contributed by atoms with Gasteiger partial charge in [0.2, 0.25) is 0 Å². The third kappa shape index (κ3) is 3.06. The molecule has 0 aliphatic carbocycles. The minimum absolute atomic E-state index is 0.277. The largest absolute Gasteiger partial charge is 0.477 e. The third-order valence-electron chi connectivity index (χ3n) is 1.53. The van der Waals surface area contributed by atoms with E-state index >= 15 is 0 Å². The van der Waals surface area contributed by atoms with Crippen molar-refractivity contribution in [3.05, 3.63) is 0 Å². The van der Waals surface area contributed by atoms with Gasteiger partial charge in [-0.15, -0.1) is 6.42 Å². The lowest BCUT2D eigenvalue weighted by Gasteiger charge is -2.29. The lowest BCUT2D eigenvalue weighted by Crippen LogP contribution is -2.49. The van der Waals surface area contributed by atoms with Crippen LogP contribution in [0.5, 0.6) is 0 Å². The Morgan fingerprint density at radius 3 is 2.18 bits per heavy atom. The normalized spacial score (nSPS) is 13.6. The first-order valence-electron chi connectivity index (χ1n) is 3.37. The molecule has 1 atom stereocenters. The molecule has 62 valence electrons. The van der Waals surface area contributed by atoms with Gasteiger partial charge < -0.3 is 9.59 Å². The van der Waals surface area contributed by atoms with Crippen LogP contribution in [-0.2, 0) is 4.79 Å². The highest BCUT2D eigenvalue weighted by atomic mass is 16.4. The summed E-state index contributed by atoms with van der Waals surface area (Å²) in [4.78, 5) is 10.6. The zero-order valence-electron chi connectivity index (χ0n) is 7.16. The average molecular weight is 156 g/mol. The summed E-state index contributed by atoms with van der Waals surface area (Å²) in [6.45, 7) is 0. The van der Waals surface area contributed by atoms with Gasteiger partial charge in [0, 0.05) is 0 Å². The van der Waals surface area contributed by atoms with Gasteiger partial charge in [0.05, 0.1) is 27.6 Å². The van der Waals surface area contributed by atoms with Crippen molar-refractivity contribution < 1.29 is 14.4 Å². The number of terminal acetylenes is 1. The van der Waals surface area contributed by atoms with Crippen LogP contribution in [-0.4, -0.2) is 42.7 Å². The van der Waals surface area contributed by atoms with E-state index in [1.165, 1.54) is 0 Å². The topological polar surface area (TPSA) is 37.3 Å². The molecule has 3 nitrogen and oxygen atoms in total. The first kappa shape index (κ1) is 9.99. The molecule has 0 spiro atoms. The molecule has 0 rings (SSSR count). The molecule has 0 aromatic carbocycles. The van der Waals surface area contributed by atoms with Gasteiger partial charge in [-0.3, -0.25) is 0 Å². The van der Waals surface area contributed by atoms with Crippen molar-refractivity contribution >= 4 is 5.97 Å². The molecule has 0 aromatic rings. The van der Waals surface area contributed by atoms with Gasteiger partial charge in [-0.1, -0.05) is 5.92 Å². The Bertz CT molecular complexity index is 185. The fraction of sp³-hybridized carbons (Fsp3) is 0.625. The van der Waals surface area contributed by atoms with Gasteiger partial charge in [0.1, 0.15) is 0 Å². The molecular weight excluding hydrogens is 142 g/mol. The molecule has 11 heavy (non-hydrogen) atoms. The summed E-state index contributed by atoms with van der Waals surface area (Å²) in [5, 5.41) is 8.73. The Labute approximate surface area is 67.2 Å². The highest BCUT2D eigenvalue weighted by molar-refractivity contribution is 5.72. The van der Waals surface area contributed by atoms with Crippen molar-refractivity contribution in [1.29, 1.82) is 0 Å². The molecule has 0 aliphatic rings. The molecule has 0 aromatic heterocycles. The summed E-state index contributed by atoms with van der Waals surface area (Å²) in [7, 11) is 5.45. The molecule has 1 N–H and O–H groups in total. The van der Waals surface area contributed by atoms with Crippen molar-refractivity contribution in [2.45, 2.75) is 12.5 Å². The van der Waals surface area contributed by atoms with Crippen molar-refractivity contribution in [2.24, 2.45) is 0 Å². The molecule has 3 heteroatoms. The summed E-state index contributed by atoms with van der Waals surface area (Å²) in [6, 6.07) is -0.500. The monoisotopic (exact) mass is 156 g/mol. The van der Waals surface area contributed by atoms with Crippen LogP contribution in [0.25, 0.3) is 0 Å². The molecule has 0 heterocycles. The first-order chi connectivity index (χ1) is 4.89. The number of hydrogen-bond donors (Lipinski definition) is 1.